The van der Waals surface area contributed by atoms with E-state index in [-0.39, 0.29) is 23.7 Å². The predicted molar refractivity (Wildman–Crippen MR) is 68.8 cm³/mol. The van der Waals surface area contributed by atoms with Crippen molar-refractivity contribution in [2.24, 2.45) is 11.8 Å². The van der Waals surface area contributed by atoms with Crippen molar-refractivity contribution in [1.29, 1.82) is 0 Å². The molecule has 2 atom stereocenters. The van der Waals surface area contributed by atoms with Crippen LogP contribution < -0.4 is 10.6 Å². The van der Waals surface area contributed by atoms with Crippen LogP contribution in [0.3, 0.4) is 0 Å². The van der Waals surface area contributed by atoms with E-state index in [9.17, 15) is 9.59 Å². The van der Waals surface area contributed by atoms with Gasteiger partial charge in [-0.2, -0.15) is 0 Å². The fraction of sp³-hybridized carbons (Fsp3) is 0.500. The third-order valence-electron chi connectivity index (χ3n) is 3.56. The predicted octanol–water partition coefficient (Wildman–Crippen LogP) is 0.612. The molecule has 3 rings (SSSR count). The third-order valence-corrected chi connectivity index (χ3v) is 3.56. The molecule has 1 heterocycles. The van der Waals surface area contributed by atoms with E-state index >= 15 is 0 Å². The fourth-order valence-corrected chi connectivity index (χ4v) is 2.12. The Labute approximate surface area is 111 Å². The summed E-state index contributed by atoms with van der Waals surface area (Å²) in [4.78, 5) is 27.8. The molecular weight excluding hydrogens is 242 g/mol. The van der Waals surface area contributed by atoms with E-state index in [2.05, 4.69) is 15.6 Å². The Balaban J connectivity index is 1.43. The van der Waals surface area contributed by atoms with Gasteiger partial charge in [-0.15, -0.1) is 0 Å². The van der Waals surface area contributed by atoms with Crippen LogP contribution in [0, 0.1) is 11.8 Å². The maximum absolute atomic E-state index is 11.9. The number of rotatable bonds is 5. The number of amides is 2. The Hall–Kier alpha value is -1.91. The van der Waals surface area contributed by atoms with Crippen LogP contribution >= 0.6 is 0 Å². The van der Waals surface area contributed by atoms with Crippen molar-refractivity contribution in [2.75, 3.05) is 0 Å². The summed E-state index contributed by atoms with van der Waals surface area (Å²) in [5.74, 6) is -0.270. The minimum atomic E-state index is -0.150. The SMILES string of the molecule is O=C(NCc1ccccn1)C1CC1C(=O)NC1CC1. The third kappa shape index (κ3) is 3.10. The normalized spacial score (nSPS) is 24.6. The molecule has 0 bridgehead atoms. The monoisotopic (exact) mass is 259 g/mol. The first-order valence-electron chi connectivity index (χ1n) is 6.72. The molecule has 0 spiro atoms. The van der Waals surface area contributed by atoms with Crippen molar-refractivity contribution in [1.82, 2.24) is 15.6 Å². The number of carbonyl (C=O) groups is 2. The molecule has 2 saturated carbocycles. The first-order valence-corrected chi connectivity index (χ1v) is 6.72. The van der Waals surface area contributed by atoms with Gasteiger partial charge in [0.2, 0.25) is 11.8 Å². The molecule has 0 aliphatic heterocycles. The van der Waals surface area contributed by atoms with Crippen LogP contribution in [0.5, 0.6) is 0 Å². The summed E-state index contributed by atoms with van der Waals surface area (Å²) in [5, 5.41) is 5.78. The molecule has 0 radical (unpaired) electrons. The summed E-state index contributed by atoms with van der Waals surface area (Å²) in [6.07, 6.45) is 4.53. The number of hydrogen-bond donors (Lipinski definition) is 2. The van der Waals surface area contributed by atoms with Crippen LogP contribution in [0.15, 0.2) is 24.4 Å². The first-order chi connectivity index (χ1) is 9.24. The fourth-order valence-electron chi connectivity index (χ4n) is 2.12. The highest BCUT2D eigenvalue weighted by molar-refractivity contribution is 5.92. The summed E-state index contributed by atoms with van der Waals surface area (Å²) in [6.45, 7) is 0.424. The first kappa shape index (κ1) is 12.1. The Bertz CT molecular complexity index is 485. The lowest BCUT2D eigenvalue weighted by molar-refractivity contribution is -0.127. The largest absolute Gasteiger partial charge is 0.353 e. The van der Waals surface area contributed by atoms with Gasteiger partial charge in [0.25, 0.3) is 0 Å². The van der Waals surface area contributed by atoms with Crippen molar-refractivity contribution in [3.8, 4) is 0 Å². The molecule has 2 aliphatic carbocycles. The van der Waals surface area contributed by atoms with Crippen molar-refractivity contribution in [3.63, 3.8) is 0 Å². The molecule has 2 aliphatic rings. The molecule has 0 saturated heterocycles. The van der Waals surface area contributed by atoms with Gasteiger partial charge in [-0.3, -0.25) is 14.6 Å². The van der Waals surface area contributed by atoms with Crippen LogP contribution in [-0.2, 0) is 16.1 Å². The van der Waals surface area contributed by atoms with E-state index in [1.54, 1.807) is 6.20 Å². The lowest BCUT2D eigenvalue weighted by Gasteiger charge is -2.05. The van der Waals surface area contributed by atoms with E-state index < -0.39 is 0 Å². The van der Waals surface area contributed by atoms with Gasteiger partial charge >= 0.3 is 0 Å². The second-order valence-corrected chi connectivity index (χ2v) is 5.27. The molecular formula is C14H17N3O2. The minimum absolute atomic E-state index is 0.0402. The number of nitrogens with one attached hydrogen (secondary N) is 2. The molecule has 100 valence electrons. The van der Waals surface area contributed by atoms with Gasteiger partial charge in [0.05, 0.1) is 24.1 Å². The average molecular weight is 259 g/mol. The van der Waals surface area contributed by atoms with Gasteiger partial charge in [-0.25, -0.2) is 0 Å². The summed E-state index contributed by atoms with van der Waals surface area (Å²) < 4.78 is 0. The second-order valence-electron chi connectivity index (χ2n) is 5.27. The summed E-state index contributed by atoms with van der Waals surface area (Å²) in [7, 11) is 0. The van der Waals surface area contributed by atoms with Crippen molar-refractivity contribution in [3.05, 3.63) is 30.1 Å². The van der Waals surface area contributed by atoms with E-state index in [1.807, 2.05) is 18.2 Å². The Kier molecular flexibility index (Phi) is 3.19. The molecule has 1 aromatic rings. The highest BCUT2D eigenvalue weighted by Crippen LogP contribution is 2.39. The average Bonchev–Trinajstić information content (AvgIpc) is 3.29. The minimum Gasteiger partial charge on any atom is -0.353 e. The smallest absolute Gasteiger partial charge is 0.224 e. The molecule has 1 aromatic heterocycles. The number of pyridine rings is 1. The number of carbonyl (C=O) groups excluding carboxylic acids is 2. The zero-order valence-electron chi connectivity index (χ0n) is 10.6. The molecule has 5 heteroatoms. The van der Waals surface area contributed by atoms with Crippen LogP contribution in [0.1, 0.15) is 25.0 Å². The highest BCUT2D eigenvalue weighted by atomic mass is 16.2. The molecule has 0 aromatic carbocycles. The van der Waals surface area contributed by atoms with E-state index in [0.29, 0.717) is 19.0 Å². The Morgan fingerprint density at radius 2 is 2.00 bits per heavy atom. The molecule has 2 amide bonds. The highest BCUT2D eigenvalue weighted by Gasteiger charge is 2.48. The molecule has 2 fully saturated rings. The summed E-state index contributed by atoms with van der Waals surface area (Å²) in [6, 6.07) is 5.96. The van der Waals surface area contributed by atoms with Gasteiger partial charge in [-0.1, -0.05) is 6.07 Å². The number of nitrogens with zero attached hydrogens (tertiary/aromatic N) is 1. The van der Waals surface area contributed by atoms with Crippen molar-refractivity contribution in [2.45, 2.75) is 31.8 Å². The molecule has 19 heavy (non-hydrogen) atoms. The molecule has 2 unspecified atom stereocenters. The van der Waals surface area contributed by atoms with Crippen molar-refractivity contribution < 1.29 is 9.59 Å². The molecule has 2 N–H and O–H groups in total. The van der Waals surface area contributed by atoms with Crippen LogP contribution in [0.25, 0.3) is 0 Å². The van der Waals surface area contributed by atoms with Gasteiger partial charge < -0.3 is 10.6 Å². The topological polar surface area (TPSA) is 71.1 Å². The summed E-state index contributed by atoms with van der Waals surface area (Å²) in [5.41, 5.74) is 0.829. The Morgan fingerprint density at radius 1 is 1.21 bits per heavy atom. The number of hydrogen-bond acceptors (Lipinski definition) is 3. The zero-order valence-corrected chi connectivity index (χ0v) is 10.6. The van der Waals surface area contributed by atoms with Gasteiger partial charge in [0, 0.05) is 12.2 Å². The van der Waals surface area contributed by atoms with Gasteiger partial charge in [0.15, 0.2) is 0 Å². The molecule has 5 nitrogen and oxygen atoms in total. The lowest BCUT2D eigenvalue weighted by Crippen LogP contribution is -2.31. The number of aromatic nitrogens is 1. The zero-order chi connectivity index (χ0) is 13.2. The van der Waals surface area contributed by atoms with Crippen molar-refractivity contribution >= 4 is 11.8 Å². The summed E-state index contributed by atoms with van der Waals surface area (Å²) >= 11 is 0. The second kappa shape index (κ2) is 4.99. The Morgan fingerprint density at radius 3 is 2.68 bits per heavy atom. The van der Waals surface area contributed by atoms with E-state index in [4.69, 9.17) is 0 Å². The van der Waals surface area contributed by atoms with Gasteiger partial charge in [-0.05, 0) is 31.4 Å². The van der Waals surface area contributed by atoms with Gasteiger partial charge in [0.1, 0.15) is 0 Å². The quantitative estimate of drug-likeness (QED) is 0.814. The van der Waals surface area contributed by atoms with E-state index in [1.165, 1.54) is 0 Å². The van der Waals surface area contributed by atoms with E-state index in [0.717, 1.165) is 18.5 Å². The van der Waals surface area contributed by atoms with Crippen LogP contribution in [-0.4, -0.2) is 22.8 Å². The van der Waals surface area contributed by atoms with Crippen LogP contribution in [0.2, 0.25) is 0 Å². The maximum Gasteiger partial charge on any atom is 0.224 e. The standard InChI is InChI=1S/C14H17N3O2/c18-13(16-8-10-3-1-2-6-15-10)11-7-12(11)14(19)17-9-4-5-9/h1-3,6,9,11-12H,4-5,7-8H2,(H,16,18)(H,17,19). The lowest BCUT2D eigenvalue weighted by atomic mass is 10.2. The van der Waals surface area contributed by atoms with Crippen LogP contribution in [0.4, 0.5) is 0 Å². The maximum atomic E-state index is 11.9.